The fraction of sp³-hybridized carbons (Fsp3) is 0.397. The molecule has 2 radical (unpaired) electrons. The number of nitrogens with zero attached hydrogens (tertiary/aromatic N) is 4. The molecule has 7 heteroatoms. The predicted molar refractivity (Wildman–Crippen MR) is 291 cm³/mol. The van der Waals surface area contributed by atoms with Crippen molar-refractivity contribution in [2.45, 2.75) is 119 Å². The van der Waals surface area contributed by atoms with Gasteiger partial charge in [-0.2, -0.15) is 0 Å². The number of aryl methyl sites for hydroxylation is 2. The maximum absolute atomic E-state index is 6.21. The highest BCUT2D eigenvalue weighted by molar-refractivity contribution is 6.32. The lowest BCUT2D eigenvalue weighted by molar-refractivity contribution is 0.216. The van der Waals surface area contributed by atoms with Crippen LogP contribution in [0.5, 0.6) is 0 Å². The molecule has 0 spiro atoms. The summed E-state index contributed by atoms with van der Waals surface area (Å²) < 4.78 is 0. The van der Waals surface area contributed by atoms with Gasteiger partial charge in [0.1, 0.15) is 7.85 Å². The lowest BCUT2D eigenvalue weighted by Gasteiger charge is -2.38. The predicted octanol–water partition coefficient (Wildman–Crippen LogP) is 13.5. The lowest BCUT2D eigenvalue weighted by atomic mass is 9.89. The first kappa shape index (κ1) is 58.0. The van der Waals surface area contributed by atoms with Gasteiger partial charge in [-0.25, -0.2) is 0 Å². The zero-order chi connectivity index (χ0) is 48.7. The number of allylic oxidation sites excluding steroid dienone is 2. The van der Waals surface area contributed by atoms with Gasteiger partial charge in [0, 0.05) is 42.5 Å². The Balaban J connectivity index is 0.000000587. The zero-order valence-corrected chi connectivity index (χ0v) is 42.7. The summed E-state index contributed by atoms with van der Waals surface area (Å²) in [5.74, 6) is 6.85. The lowest BCUT2D eigenvalue weighted by Crippen LogP contribution is -2.31. The molecule has 0 aliphatic carbocycles. The summed E-state index contributed by atoms with van der Waals surface area (Å²) >= 11 is 6.21. The van der Waals surface area contributed by atoms with Crippen molar-refractivity contribution in [2.24, 2.45) is 4.99 Å². The second-order valence-electron chi connectivity index (χ2n) is 16.1. The highest BCUT2D eigenvalue weighted by atomic mass is 35.5. The summed E-state index contributed by atoms with van der Waals surface area (Å²) in [6.07, 6.45) is 11.0. The number of nitrogens with one attached hydrogen (secondary N) is 1. The van der Waals surface area contributed by atoms with E-state index in [0.29, 0.717) is 17.6 Å². The van der Waals surface area contributed by atoms with Gasteiger partial charge in [0.25, 0.3) is 0 Å². The first-order valence-corrected chi connectivity index (χ1v) is 23.8. The van der Waals surface area contributed by atoms with Gasteiger partial charge >= 0.3 is 0 Å². The van der Waals surface area contributed by atoms with E-state index in [1.54, 1.807) is 6.20 Å². The van der Waals surface area contributed by atoms with Crippen LogP contribution in [0.2, 0.25) is 5.02 Å². The quantitative estimate of drug-likeness (QED) is 0.0369. The third-order valence-corrected chi connectivity index (χ3v) is 11.3. The van der Waals surface area contributed by atoms with Crippen LogP contribution >= 0.6 is 11.6 Å². The minimum atomic E-state index is -0.174. The fourth-order valence-electron chi connectivity index (χ4n) is 7.35. The molecule has 0 amide bonds. The number of rotatable bonds is 22. The first-order chi connectivity index (χ1) is 31.3. The zero-order valence-electron chi connectivity index (χ0n) is 41.9. The molecule has 0 bridgehead atoms. The van der Waals surface area contributed by atoms with E-state index in [9.17, 15) is 0 Å². The molecule has 0 fully saturated rings. The van der Waals surface area contributed by atoms with Crippen LogP contribution < -0.4 is 10.8 Å². The summed E-state index contributed by atoms with van der Waals surface area (Å²) in [5.41, 5.74) is 11.3. The van der Waals surface area contributed by atoms with Crippen LogP contribution in [0.1, 0.15) is 131 Å². The van der Waals surface area contributed by atoms with Crippen molar-refractivity contribution in [2.75, 3.05) is 33.7 Å². The van der Waals surface area contributed by atoms with Crippen molar-refractivity contribution < 1.29 is 0 Å². The summed E-state index contributed by atoms with van der Waals surface area (Å²) in [6.45, 7) is 41.2. The van der Waals surface area contributed by atoms with Gasteiger partial charge in [-0.15, -0.1) is 6.58 Å². The average Bonchev–Trinajstić information content (AvgIpc) is 3.31. The first-order valence-electron chi connectivity index (χ1n) is 23.4. The van der Waals surface area contributed by atoms with Crippen molar-refractivity contribution in [1.29, 1.82) is 0 Å². The molecule has 0 saturated heterocycles. The summed E-state index contributed by atoms with van der Waals surface area (Å²) in [7, 11) is 10.1. The van der Waals surface area contributed by atoms with Crippen molar-refractivity contribution in [3.8, 4) is 11.8 Å². The van der Waals surface area contributed by atoms with Gasteiger partial charge < -0.3 is 10.2 Å². The van der Waals surface area contributed by atoms with Crippen molar-refractivity contribution in [3.05, 3.63) is 179 Å². The smallest absolute Gasteiger partial charge is 0.113 e. The van der Waals surface area contributed by atoms with E-state index < -0.39 is 0 Å². The Labute approximate surface area is 403 Å². The molecule has 1 N–H and O–H groups in total. The maximum Gasteiger partial charge on any atom is 0.113 e. The minimum absolute atomic E-state index is 0.0905. The topological polar surface area (TPSA) is 34.1 Å². The van der Waals surface area contributed by atoms with Gasteiger partial charge in [0.2, 0.25) is 0 Å². The highest BCUT2D eigenvalue weighted by Gasteiger charge is 2.30. The Bertz CT molecular complexity index is 2060. The molecular weight excluding hydrogens is 813 g/mol. The third kappa shape index (κ3) is 20.3. The fourth-order valence-corrected chi connectivity index (χ4v) is 7.48. The monoisotopic (exact) mass is 894 g/mol. The number of hydrogen-bond donors (Lipinski definition) is 1. The van der Waals surface area contributed by atoms with E-state index in [2.05, 4.69) is 178 Å². The van der Waals surface area contributed by atoms with Crippen LogP contribution in [0.4, 0.5) is 0 Å². The molecule has 0 aliphatic heterocycles. The molecule has 65 heavy (non-hydrogen) atoms. The van der Waals surface area contributed by atoms with Crippen molar-refractivity contribution >= 4 is 37.7 Å². The molecule has 4 rings (SSSR count). The number of benzene rings is 4. The van der Waals surface area contributed by atoms with Gasteiger partial charge in [-0.3, -0.25) is 14.8 Å². The van der Waals surface area contributed by atoms with E-state index in [1.165, 1.54) is 40.7 Å². The van der Waals surface area contributed by atoms with E-state index in [0.717, 1.165) is 73.3 Å². The average molecular weight is 895 g/mol. The van der Waals surface area contributed by atoms with E-state index in [-0.39, 0.29) is 12.1 Å². The molecule has 0 aliphatic rings. The molecule has 5 nitrogen and oxygen atoms in total. The Morgan fingerprint density at radius 3 is 2.03 bits per heavy atom. The molecular formula is C58H81BClN5. The normalized spacial score (nSPS) is 11.6. The van der Waals surface area contributed by atoms with Gasteiger partial charge in [0.05, 0.1) is 18.6 Å². The van der Waals surface area contributed by atoms with Crippen molar-refractivity contribution in [1.82, 2.24) is 20.0 Å². The molecule has 4 aromatic rings. The maximum atomic E-state index is 6.21. The molecule has 3 atom stereocenters. The molecule has 4 aromatic carbocycles. The van der Waals surface area contributed by atoms with Crippen LogP contribution in [0.15, 0.2) is 134 Å². The van der Waals surface area contributed by atoms with E-state index in [4.69, 9.17) is 19.4 Å². The van der Waals surface area contributed by atoms with Gasteiger partial charge in [-0.05, 0) is 138 Å². The van der Waals surface area contributed by atoms with Crippen LogP contribution in [-0.2, 0) is 19.5 Å². The number of aliphatic imine (C=N–C) groups is 1. The second kappa shape index (κ2) is 33.4. The standard InChI is InChI=1S/C28H30BClN2.C25H38N2.C3H7N.C2H6/c1-6-21-17-25(29)14-11-24(21)18-32(19(2)3)28(23-12-15-26(30)16-13-23)27(31-5)22-9-7-20(4)8-10-22;1-7-11-14-22(5)26(6)21-25-23(10-4)15-12-16-24(25)17-13-20-27(18-8-2)19-9-3;1-3-4-2;1-2/h7-17,27-28H,2,5-6,18H2,1,3-4H3;7,10,12,15-16,22H,1,4,8-9,11,14,18-21H2,2-3,5-6H3;3-4H,1H2,2H3;1-2H3. The Kier molecular flexibility index (Phi) is 29.8. The van der Waals surface area contributed by atoms with Gasteiger partial charge in [0.15, 0.2) is 0 Å². The molecule has 0 saturated carbocycles. The van der Waals surface area contributed by atoms with Crippen LogP contribution in [-0.4, -0.2) is 69.0 Å². The molecule has 0 aromatic heterocycles. The van der Waals surface area contributed by atoms with Crippen LogP contribution in [0.3, 0.4) is 0 Å². The Morgan fingerprint density at radius 1 is 0.892 bits per heavy atom. The summed E-state index contributed by atoms with van der Waals surface area (Å²) in [6, 6.07) is 29.2. The third-order valence-electron chi connectivity index (χ3n) is 11.1. The highest BCUT2D eigenvalue weighted by Crippen LogP contribution is 2.40. The molecule has 0 heterocycles. The molecule has 3 unspecified atom stereocenters. The minimum Gasteiger partial charge on any atom is -0.394 e. The Morgan fingerprint density at radius 2 is 1.51 bits per heavy atom. The van der Waals surface area contributed by atoms with E-state index >= 15 is 0 Å². The van der Waals surface area contributed by atoms with E-state index in [1.807, 2.05) is 58.2 Å². The number of hydrogen-bond acceptors (Lipinski definition) is 5. The van der Waals surface area contributed by atoms with Crippen molar-refractivity contribution in [3.63, 3.8) is 0 Å². The summed E-state index contributed by atoms with van der Waals surface area (Å²) in [4.78, 5) is 11.8. The van der Waals surface area contributed by atoms with Gasteiger partial charge in [-0.1, -0.05) is 168 Å². The SMILES string of the molecule is C=CCCC(C)N(C)Cc1c(C#CCN(CCC)CCC)cccc1C=C.C=CNC.CC.[B]c1ccc(CN(C(=C)C)C(c2ccc(Cl)cc2)C(N=C)c2ccc(C)cc2)c(CC)c1. The number of halogens is 1. The molecule has 348 valence electrons. The second-order valence-corrected chi connectivity index (χ2v) is 16.5. The largest absolute Gasteiger partial charge is 0.394 e. The summed E-state index contributed by atoms with van der Waals surface area (Å²) in [5, 5.41) is 3.40. The Hall–Kier alpha value is -5.06. The van der Waals surface area contributed by atoms with Crippen LogP contribution in [0, 0.1) is 18.8 Å². The van der Waals surface area contributed by atoms with Crippen LogP contribution in [0.25, 0.3) is 6.08 Å².